The van der Waals surface area contributed by atoms with Gasteiger partial charge >= 0.3 is 0 Å². The van der Waals surface area contributed by atoms with Gasteiger partial charge in [0.2, 0.25) is 0 Å². The second kappa shape index (κ2) is 6.14. The first kappa shape index (κ1) is 14.0. The predicted molar refractivity (Wildman–Crippen MR) is 78.5 cm³/mol. The van der Waals surface area contributed by atoms with Crippen molar-refractivity contribution in [3.8, 4) is 11.4 Å². The molecule has 20 heavy (non-hydrogen) atoms. The zero-order valence-corrected chi connectivity index (χ0v) is 11.6. The van der Waals surface area contributed by atoms with Gasteiger partial charge in [0.15, 0.2) is 11.7 Å². The second-order valence-electron chi connectivity index (χ2n) is 5.00. The highest BCUT2D eigenvalue weighted by atomic mass is 16.4. The lowest BCUT2D eigenvalue weighted by Crippen LogP contribution is -2.18. The van der Waals surface area contributed by atoms with Gasteiger partial charge in [-0.1, -0.05) is 49.3 Å². The molecule has 0 fully saturated rings. The highest BCUT2D eigenvalue weighted by molar-refractivity contribution is 5.97. The molecule has 2 aromatic rings. The van der Waals surface area contributed by atoms with E-state index in [4.69, 9.17) is 10.9 Å². The molecule has 0 radical (unpaired) electrons. The summed E-state index contributed by atoms with van der Waals surface area (Å²) in [6.07, 6.45) is 2.36. The van der Waals surface area contributed by atoms with E-state index < -0.39 is 0 Å². The van der Waals surface area contributed by atoms with E-state index in [0.717, 1.165) is 17.7 Å². The molecule has 0 aliphatic rings. The highest BCUT2D eigenvalue weighted by Crippen LogP contribution is 2.18. The van der Waals surface area contributed by atoms with Crippen molar-refractivity contribution in [3.05, 3.63) is 47.8 Å². The summed E-state index contributed by atoms with van der Waals surface area (Å²) in [6, 6.07) is 9.75. The smallest absolute Gasteiger partial charge is 0.173 e. The van der Waals surface area contributed by atoms with Crippen LogP contribution < -0.4 is 5.73 Å². The largest absolute Gasteiger partial charge is 0.409 e. The maximum absolute atomic E-state index is 8.84. The number of nitrogens with zero attached hydrogens (tertiary/aromatic N) is 3. The van der Waals surface area contributed by atoms with E-state index in [1.165, 1.54) is 0 Å². The van der Waals surface area contributed by atoms with Crippen molar-refractivity contribution < 1.29 is 5.21 Å². The van der Waals surface area contributed by atoms with Gasteiger partial charge in [-0.3, -0.25) is 0 Å². The molecule has 1 heterocycles. The van der Waals surface area contributed by atoms with E-state index in [-0.39, 0.29) is 5.84 Å². The molecule has 5 nitrogen and oxygen atoms in total. The number of nitrogens with two attached hydrogens (primary N) is 1. The zero-order chi connectivity index (χ0) is 14.5. The monoisotopic (exact) mass is 270 g/mol. The first-order valence-electron chi connectivity index (χ1n) is 6.51. The van der Waals surface area contributed by atoms with Gasteiger partial charge in [-0.15, -0.1) is 0 Å². The lowest BCUT2D eigenvalue weighted by molar-refractivity contribution is 0.318. The fourth-order valence-corrected chi connectivity index (χ4v) is 1.95. The molecule has 0 aliphatic carbocycles. The molecule has 0 atom stereocenters. The third-order valence-corrected chi connectivity index (χ3v) is 2.88. The molecule has 0 aliphatic heterocycles. The van der Waals surface area contributed by atoms with Crippen LogP contribution in [0.4, 0.5) is 0 Å². The minimum absolute atomic E-state index is 0.0419. The van der Waals surface area contributed by atoms with Crippen molar-refractivity contribution in [2.75, 3.05) is 0 Å². The minimum atomic E-state index is 0.0419. The molecule has 5 heteroatoms. The van der Waals surface area contributed by atoms with Gasteiger partial charge in [0, 0.05) is 11.8 Å². The number of hydrogen-bond donors (Lipinski definition) is 2. The van der Waals surface area contributed by atoms with Crippen molar-refractivity contribution >= 4 is 5.84 Å². The molecule has 0 amide bonds. The number of aromatic nitrogens is 2. The summed E-state index contributed by atoms with van der Waals surface area (Å²) >= 11 is 0. The Morgan fingerprint density at radius 3 is 2.60 bits per heavy atom. The van der Waals surface area contributed by atoms with E-state index in [9.17, 15) is 0 Å². The van der Waals surface area contributed by atoms with Gasteiger partial charge in [-0.05, 0) is 12.3 Å². The molecule has 0 saturated carbocycles. The SMILES string of the molecule is CC(C)Cc1nc(-c2ccccc2)ncc1/C(N)=N\O. The predicted octanol–water partition coefficient (Wildman–Crippen LogP) is 2.44. The van der Waals surface area contributed by atoms with Crippen LogP contribution in [0.5, 0.6) is 0 Å². The summed E-state index contributed by atoms with van der Waals surface area (Å²) in [4.78, 5) is 8.87. The molecule has 1 aromatic carbocycles. The Kier molecular flexibility index (Phi) is 4.30. The summed E-state index contributed by atoms with van der Waals surface area (Å²) in [5.74, 6) is 1.11. The standard InChI is InChI=1S/C15H18N4O/c1-10(2)8-13-12(14(16)19-20)9-17-15(18-13)11-6-4-3-5-7-11/h3-7,9-10,20H,8H2,1-2H3,(H2,16,19). The summed E-state index contributed by atoms with van der Waals surface area (Å²) in [5, 5.41) is 11.9. The van der Waals surface area contributed by atoms with E-state index in [0.29, 0.717) is 17.3 Å². The molecule has 2 rings (SSSR count). The fraction of sp³-hybridized carbons (Fsp3) is 0.267. The third kappa shape index (κ3) is 3.12. The van der Waals surface area contributed by atoms with Crippen LogP contribution in [0.25, 0.3) is 11.4 Å². The summed E-state index contributed by atoms with van der Waals surface area (Å²) in [6.45, 7) is 4.20. The van der Waals surface area contributed by atoms with Gasteiger partial charge in [0.05, 0.1) is 11.3 Å². The van der Waals surface area contributed by atoms with E-state index in [2.05, 4.69) is 29.0 Å². The molecule has 0 spiro atoms. The Labute approximate surface area is 118 Å². The van der Waals surface area contributed by atoms with Crippen LogP contribution in [0.3, 0.4) is 0 Å². The van der Waals surface area contributed by atoms with Crippen molar-refractivity contribution in [2.24, 2.45) is 16.8 Å². The molecule has 0 saturated heterocycles. The van der Waals surface area contributed by atoms with Gasteiger partial charge in [-0.25, -0.2) is 9.97 Å². The van der Waals surface area contributed by atoms with Crippen LogP contribution in [-0.2, 0) is 6.42 Å². The number of amidine groups is 1. The van der Waals surface area contributed by atoms with Crippen LogP contribution >= 0.6 is 0 Å². The van der Waals surface area contributed by atoms with Gasteiger partial charge in [0.25, 0.3) is 0 Å². The van der Waals surface area contributed by atoms with Crippen molar-refractivity contribution in [1.82, 2.24) is 9.97 Å². The van der Waals surface area contributed by atoms with Crippen LogP contribution in [0.1, 0.15) is 25.1 Å². The fourth-order valence-electron chi connectivity index (χ4n) is 1.95. The van der Waals surface area contributed by atoms with Gasteiger partial charge < -0.3 is 10.9 Å². The molecule has 3 N–H and O–H groups in total. The first-order valence-corrected chi connectivity index (χ1v) is 6.51. The van der Waals surface area contributed by atoms with Crippen LogP contribution in [0.2, 0.25) is 0 Å². The summed E-state index contributed by atoms with van der Waals surface area (Å²) < 4.78 is 0. The van der Waals surface area contributed by atoms with E-state index in [1.54, 1.807) is 6.20 Å². The quantitative estimate of drug-likeness (QED) is 0.387. The highest BCUT2D eigenvalue weighted by Gasteiger charge is 2.13. The summed E-state index contributed by atoms with van der Waals surface area (Å²) in [7, 11) is 0. The molecular formula is C15H18N4O. The maximum atomic E-state index is 8.84. The third-order valence-electron chi connectivity index (χ3n) is 2.88. The molecular weight excluding hydrogens is 252 g/mol. The average Bonchev–Trinajstić information content (AvgIpc) is 2.46. The lowest BCUT2D eigenvalue weighted by atomic mass is 10.0. The van der Waals surface area contributed by atoms with Crippen molar-refractivity contribution in [1.29, 1.82) is 0 Å². The molecule has 104 valence electrons. The Balaban J connectivity index is 2.48. The lowest BCUT2D eigenvalue weighted by Gasteiger charge is -2.11. The van der Waals surface area contributed by atoms with Gasteiger partial charge in [0.1, 0.15) is 0 Å². The first-order chi connectivity index (χ1) is 9.61. The molecule has 0 unspecified atom stereocenters. The van der Waals surface area contributed by atoms with E-state index >= 15 is 0 Å². The Hall–Kier alpha value is -2.43. The maximum Gasteiger partial charge on any atom is 0.173 e. The Morgan fingerprint density at radius 2 is 2.00 bits per heavy atom. The molecule has 0 bridgehead atoms. The average molecular weight is 270 g/mol. The second-order valence-corrected chi connectivity index (χ2v) is 5.00. The number of hydrogen-bond acceptors (Lipinski definition) is 4. The summed E-state index contributed by atoms with van der Waals surface area (Å²) in [5.41, 5.74) is 8.01. The van der Waals surface area contributed by atoms with Crippen LogP contribution in [0.15, 0.2) is 41.7 Å². The molecule has 1 aromatic heterocycles. The van der Waals surface area contributed by atoms with E-state index in [1.807, 2.05) is 30.3 Å². The Bertz CT molecular complexity index is 609. The van der Waals surface area contributed by atoms with Crippen LogP contribution in [0, 0.1) is 5.92 Å². The number of benzene rings is 1. The zero-order valence-electron chi connectivity index (χ0n) is 11.6. The topological polar surface area (TPSA) is 84.4 Å². The van der Waals surface area contributed by atoms with Crippen molar-refractivity contribution in [2.45, 2.75) is 20.3 Å². The number of oxime groups is 1. The normalized spacial score (nSPS) is 11.8. The Morgan fingerprint density at radius 1 is 1.30 bits per heavy atom. The van der Waals surface area contributed by atoms with Gasteiger partial charge in [-0.2, -0.15) is 0 Å². The minimum Gasteiger partial charge on any atom is -0.409 e. The number of rotatable bonds is 4. The van der Waals surface area contributed by atoms with Crippen LogP contribution in [-0.4, -0.2) is 21.0 Å². The van der Waals surface area contributed by atoms with Crippen molar-refractivity contribution in [3.63, 3.8) is 0 Å².